The van der Waals surface area contributed by atoms with Crippen molar-refractivity contribution in [2.45, 2.75) is 20.3 Å². The van der Waals surface area contributed by atoms with Gasteiger partial charge in [-0.1, -0.05) is 23.8 Å². The second kappa shape index (κ2) is 5.85. The molecule has 0 fully saturated rings. The summed E-state index contributed by atoms with van der Waals surface area (Å²) >= 11 is 0. The molecule has 1 aromatic heterocycles. The lowest BCUT2D eigenvalue weighted by molar-refractivity contribution is -0.136. The molecule has 122 valence electrons. The first-order chi connectivity index (χ1) is 11.4. The highest BCUT2D eigenvalue weighted by Crippen LogP contribution is 2.33. The quantitative estimate of drug-likeness (QED) is 0.681. The normalized spacial score (nSPS) is 10.9. The van der Waals surface area contributed by atoms with Crippen LogP contribution in [-0.2, 0) is 11.2 Å². The maximum Gasteiger partial charge on any atom is 0.335 e. The third-order valence-corrected chi connectivity index (χ3v) is 4.13. The fourth-order valence-corrected chi connectivity index (χ4v) is 3.04. The van der Waals surface area contributed by atoms with Crippen molar-refractivity contribution in [3.05, 3.63) is 58.7 Å². The predicted molar refractivity (Wildman–Crippen MR) is 91.5 cm³/mol. The maximum absolute atomic E-state index is 11.3. The Labute approximate surface area is 138 Å². The van der Waals surface area contributed by atoms with E-state index in [1.165, 1.54) is 12.1 Å². The van der Waals surface area contributed by atoms with Crippen molar-refractivity contribution in [1.82, 2.24) is 4.98 Å². The molecule has 0 spiro atoms. The van der Waals surface area contributed by atoms with Crippen molar-refractivity contribution in [2.24, 2.45) is 0 Å². The summed E-state index contributed by atoms with van der Waals surface area (Å²) < 4.78 is 0. The van der Waals surface area contributed by atoms with Gasteiger partial charge >= 0.3 is 11.9 Å². The Bertz CT molecular complexity index is 969. The van der Waals surface area contributed by atoms with E-state index >= 15 is 0 Å². The number of carboxylic acids is 2. The summed E-state index contributed by atoms with van der Waals surface area (Å²) in [5, 5.41) is 19.1. The van der Waals surface area contributed by atoms with Crippen LogP contribution in [-0.4, -0.2) is 27.1 Å². The average Bonchev–Trinajstić information content (AvgIpc) is 2.84. The molecule has 0 amide bonds. The summed E-state index contributed by atoms with van der Waals surface area (Å²) in [6.45, 7) is 3.97. The van der Waals surface area contributed by atoms with E-state index in [1.807, 2.05) is 32.0 Å². The smallest absolute Gasteiger partial charge is 0.335 e. The number of rotatable bonds is 4. The summed E-state index contributed by atoms with van der Waals surface area (Å²) in [5.74, 6) is -1.99. The molecule has 1 heterocycles. The van der Waals surface area contributed by atoms with Gasteiger partial charge in [-0.2, -0.15) is 0 Å². The Hall–Kier alpha value is -3.08. The highest BCUT2D eigenvalue weighted by Gasteiger charge is 2.18. The zero-order valence-electron chi connectivity index (χ0n) is 13.4. The minimum atomic E-state index is -1.03. The molecule has 2 aromatic carbocycles. The number of H-pyrrole nitrogens is 1. The number of aryl methyl sites for hydroxylation is 2. The summed E-state index contributed by atoms with van der Waals surface area (Å²) in [5.41, 5.74) is 5.28. The number of aromatic carboxylic acids is 1. The zero-order chi connectivity index (χ0) is 17.4. The van der Waals surface area contributed by atoms with Crippen LogP contribution >= 0.6 is 0 Å². The van der Waals surface area contributed by atoms with Crippen LogP contribution in [0.3, 0.4) is 0 Å². The largest absolute Gasteiger partial charge is 0.481 e. The van der Waals surface area contributed by atoms with Crippen LogP contribution in [0.4, 0.5) is 0 Å². The second-order valence-corrected chi connectivity index (χ2v) is 5.93. The van der Waals surface area contributed by atoms with Crippen molar-refractivity contribution in [3.63, 3.8) is 0 Å². The van der Waals surface area contributed by atoms with Crippen LogP contribution in [0.1, 0.15) is 27.0 Å². The number of aromatic amines is 1. The lowest BCUT2D eigenvalue weighted by atomic mass is 9.97. The van der Waals surface area contributed by atoms with Gasteiger partial charge in [0.1, 0.15) is 0 Å². The van der Waals surface area contributed by atoms with Gasteiger partial charge in [-0.25, -0.2) is 4.79 Å². The summed E-state index contributed by atoms with van der Waals surface area (Å²) in [6.07, 6.45) is -0.175. The Morgan fingerprint density at radius 1 is 1.04 bits per heavy atom. The van der Waals surface area contributed by atoms with Crippen LogP contribution in [0, 0.1) is 13.8 Å². The van der Waals surface area contributed by atoms with E-state index in [9.17, 15) is 19.8 Å². The number of nitrogens with one attached hydrogen (secondary N) is 1. The summed E-state index contributed by atoms with van der Waals surface area (Å²) in [4.78, 5) is 25.8. The number of hydrogen-bond donors (Lipinski definition) is 3. The van der Waals surface area contributed by atoms with Crippen molar-refractivity contribution in [2.75, 3.05) is 0 Å². The minimum Gasteiger partial charge on any atom is -0.481 e. The van der Waals surface area contributed by atoms with E-state index in [0.29, 0.717) is 10.9 Å². The van der Waals surface area contributed by atoms with E-state index in [4.69, 9.17) is 0 Å². The van der Waals surface area contributed by atoms with Gasteiger partial charge in [0, 0.05) is 16.5 Å². The lowest BCUT2D eigenvalue weighted by Gasteiger charge is -2.08. The highest BCUT2D eigenvalue weighted by molar-refractivity contribution is 5.99. The van der Waals surface area contributed by atoms with Crippen molar-refractivity contribution in [1.29, 1.82) is 0 Å². The van der Waals surface area contributed by atoms with Gasteiger partial charge in [-0.15, -0.1) is 0 Å². The molecule has 0 aliphatic rings. The molecule has 3 aromatic rings. The monoisotopic (exact) mass is 323 g/mol. The Balaban J connectivity index is 2.30. The molecule has 0 atom stereocenters. The number of benzene rings is 2. The molecular weight excluding hydrogens is 306 g/mol. The van der Waals surface area contributed by atoms with Crippen molar-refractivity contribution < 1.29 is 19.8 Å². The van der Waals surface area contributed by atoms with Crippen molar-refractivity contribution in [3.8, 4) is 11.3 Å². The molecule has 0 radical (unpaired) electrons. The van der Waals surface area contributed by atoms with Crippen LogP contribution in [0.25, 0.3) is 22.2 Å². The fourth-order valence-electron chi connectivity index (χ4n) is 3.04. The highest BCUT2D eigenvalue weighted by atomic mass is 16.4. The van der Waals surface area contributed by atoms with E-state index in [2.05, 4.69) is 4.98 Å². The van der Waals surface area contributed by atoms with Gasteiger partial charge in [0.2, 0.25) is 0 Å². The van der Waals surface area contributed by atoms with E-state index in [1.54, 1.807) is 6.07 Å². The third kappa shape index (κ3) is 2.76. The molecule has 0 saturated heterocycles. The van der Waals surface area contributed by atoms with Crippen LogP contribution in [0.5, 0.6) is 0 Å². The fraction of sp³-hybridized carbons (Fsp3) is 0.158. The van der Waals surface area contributed by atoms with E-state index in [0.717, 1.165) is 27.9 Å². The first-order valence-corrected chi connectivity index (χ1v) is 7.54. The predicted octanol–water partition coefficient (Wildman–Crippen LogP) is 3.78. The van der Waals surface area contributed by atoms with Gasteiger partial charge in [-0.3, -0.25) is 4.79 Å². The van der Waals surface area contributed by atoms with E-state index in [-0.39, 0.29) is 12.0 Å². The molecule has 24 heavy (non-hydrogen) atoms. The molecule has 3 rings (SSSR count). The Kier molecular flexibility index (Phi) is 3.85. The lowest BCUT2D eigenvalue weighted by Crippen LogP contribution is -2.02. The molecule has 0 bridgehead atoms. The first kappa shape index (κ1) is 15.8. The van der Waals surface area contributed by atoms with Crippen LogP contribution in [0.15, 0.2) is 36.4 Å². The molecule has 0 aliphatic carbocycles. The molecular formula is C19H17NO4. The number of carbonyl (C=O) groups is 2. The van der Waals surface area contributed by atoms with E-state index < -0.39 is 11.9 Å². The van der Waals surface area contributed by atoms with Crippen molar-refractivity contribution >= 4 is 22.8 Å². The van der Waals surface area contributed by atoms with Gasteiger partial charge in [0.25, 0.3) is 0 Å². The summed E-state index contributed by atoms with van der Waals surface area (Å²) in [7, 11) is 0. The molecule has 0 aliphatic heterocycles. The maximum atomic E-state index is 11.3. The van der Waals surface area contributed by atoms with Gasteiger partial charge < -0.3 is 15.2 Å². The minimum absolute atomic E-state index is 0.139. The number of hydrogen-bond acceptors (Lipinski definition) is 2. The molecule has 5 nitrogen and oxygen atoms in total. The topological polar surface area (TPSA) is 90.4 Å². The Morgan fingerprint density at radius 2 is 1.79 bits per heavy atom. The molecule has 0 saturated carbocycles. The molecule has 3 N–H and O–H groups in total. The molecule has 0 unspecified atom stereocenters. The van der Waals surface area contributed by atoms with Gasteiger partial charge in [0.15, 0.2) is 0 Å². The standard InChI is InChI=1S/C19H17NO4/c1-10-3-5-13(11(2)7-10)18-15(9-17(21)22)14-8-12(19(23)24)4-6-16(14)20-18/h3-8,20H,9H2,1-2H3,(H,21,22)(H,23,24). The second-order valence-electron chi connectivity index (χ2n) is 5.93. The molecule has 5 heteroatoms. The number of carboxylic acid groups (broad SMARTS) is 2. The number of aromatic nitrogens is 1. The number of fused-ring (bicyclic) bond motifs is 1. The number of aliphatic carboxylic acids is 1. The first-order valence-electron chi connectivity index (χ1n) is 7.54. The van der Waals surface area contributed by atoms with Gasteiger partial charge in [0.05, 0.1) is 17.7 Å². The zero-order valence-corrected chi connectivity index (χ0v) is 13.4. The third-order valence-electron chi connectivity index (χ3n) is 4.13. The van der Waals surface area contributed by atoms with Crippen LogP contribution in [0.2, 0.25) is 0 Å². The average molecular weight is 323 g/mol. The van der Waals surface area contributed by atoms with Crippen LogP contribution < -0.4 is 0 Å². The summed E-state index contributed by atoms with van der Waals surface area (Å²) in [6, 6.07) is 10.7. The Morgan fingerprint density at radius 3 is 2.42 bits per heavy atom. The SMILES string of the molecule is Cc1ccc(-c2[nH]c3ccc(C(=O)O)cc3c2CC(=O)O)c(C)c1. The van der Waals surface area contributed by atoms with Gasteiger partial charge in [-0.05, 0) is 43.2 Å².